The van der Waals surface area contributed by atoms with Gasteiger partial charge < -0.3 is 10.6 Å². The quantitative estimate of drug-likeness (QED) is 0.361. The Morgan fingerprint density at radius 3 is 2.07 bits per heavy atom. The molecular formula is C24H27N5S. The molecule has 0 saturated carbocycles. The smallest absolute Gasteiger partial charge is 0.188 e. The van der Waals surface area contributed by atoms with Gasteiger partial charge in [0, 0.05) is 38.9 Å². The number of benzene rings is 2. The summed E-state index contributed by atoms with van der Waals surface area (Å²) in [6.45, 7) is 4.26. The molecule has 1 saturated heterocycles. The van der Waals surface area contributed by atoms with Crippen LogP contribution in [0.5, 0.6) is 0 Å². The maximum absolute atomic E-state index is 7.62. The standard InChI is InChI=1S/C24H27N5S/c25-24(26)29-16-14-28(15-17-29)18-21-12-7-13-27-23(21)30-22(19-8-3-1-4-9-19)20-10-5-2-6-11-20/h1-13,22H,14-18H2,(H3,25,26). The highest BCUT2D eigenvalue weighted by Crippen LogP contribution is 2.40. The first-order valence-electron chi connectivity index (χ1n) is 10.2. The first kappa shape index (κ1) is 20.4. The molecule has 30 heavy (non-hydrogen) atoms. The lowest BCUT2D eigenvalue weighted by molar-refractivity contribution is 0.172. The van der Waals surface area contributed by atoms with Gasteiger partial charge in [-0.3, -0.25) is 10.3 Å². The summed E-state index contributed by atoms with van der Waals surface area (Å²) in [4.78, 5) is 9.09. The Hall–Kier alpha value is -2.83. The van der Waals surface area contributed by atoms with E-state index in [4.69, 9.17) is 16.1 Å². The highest BCUT2D eigenvalue weighted by atomic mass is 32.2. The van der Waals surface area contributed by atoms with Gasteiger partial charge in [0.1, 0.15) is 5.03 Å². The van der Waals surface area contributed by atoms with Gasteiger partial charge >= 0.3 is 0 Å². The van der Waals surface area contributed by atoms with Crippen molar-refractivity contribution in [1.29, 1.82) is 5.41 Å². The minimum Gasteiger partial charge on any atom is -0.370 e. The zero-order chi connectivity index (χ0) is 20.8. The Morgan fingerprint density at radius 1 is 0.900 bits per heavy atom. The van der Waals surface area contributed by atoms with Crippen molar-refractivity contribution in [2.75, 3.05) is 26.2 Å². The summed E-state index contributed by atoms with van der Waals surface area (Å²) in [5, 5.41) is 8.89. The third-order valence-electron chi connectivity index (χ3n) is 5.39. The summed E-state index contributed by atoms with van der Waals surface area (Å²) >= 11 is 1.81. The second kappa shape index (κ2) is 9.78. The van der Waals surface area contributed by atoms with Gasteiger partial charge in [0.2, 0.25) is 0 Å². The van der Waals surface area contributed by atoms with E-state index in [0.29, 0.717) is 0 Å². The van der Waals surface area contributed by atoms with Gasteiger partial charge in [0.25, 0.3) is 0 Å². The average Bonchev–Trinajstić information content (AvgIpc) is 2.80. The maximum Gasteiger partial charge on any atom is 0.188 e. The molecule has 0 atom stereocenters. The molecule has 0 spiro atoms. The van der Waals surface area contributed by atoms with E-state index in [0.717, 1.165) is 37.7 Å². The summed E-state index contributed by atoms with van der Waals surface area (Å²) in [5.41, 5.74) is 9.43. The number of guanidine groups is 1. The normalized spacial score (nSPS) is 14.8. The van der Waals surface area contributed by atoms with E-state index in [2.05, 4.69) is 71.6 Å². The van der Waals surface area contributed by atoms with E-state index < -0.39 is 0 Å². The lowest BCUT2D eigenvalue weighted by Crippen LogP contribution is -2.50. The molecule has 1 aliphatic heterocycles. The van der Waals surface area contributed by atoms with Gasteiger partial charge in [0.15, 0.2) is 5.96 Å². The second-order valence-corrected chi connectivity index (χ2v) is 8.53. The van der Waals surface area contributed by atoms with E-state index in [1.165, 1.54) is 16.7 Å². The number of rotatable bonds is 6. The van der Waals surface area contributed by atoms with Crippen molar-refractivity contribution >= 4 is 17.7 Å². The molecule has 0 unspecified atom stereocenters. The molecule has 0 bridgehead atoms. The lowest BCUT2D eigenvalue weighted by atomic mass is 10.0. The Morgan fingerprint density at radius 2 is 1.50 bits per heavy atom. The van der Waals surface area contributed by atoms with Gasteiger partial charge in [-0.2, -0.15) is 0 Å². The van der Waals surface area contributed by atoms with Crippen molar-refractivity contribution in [3.63, 3.8) is 0 Å². The van der Waals surface area contributed by atoms with E-state index in [-0.39, 0.29) is 11.2 Å². The van der Waals surface area contributed by atoms with Gasteiger partial charge in [-0.25, -0.2) is 4.98 Å². The van der Waals surface area contributed by atoms with Gasteiger partial charge in [-0.1, -0.05) is 78.5 Å². The summed E-state index contributed by atoms with van der Waals surface area (Å²) in [6, 6.07) is 25.5. The van der Waals surface area contributed by atoms with Gasteiger partial charge in [0.05, 0.1) is 5.25 Å². The SMILES string of the molecule is N=C(N)N1CCN(Cc2cccnc2SC(c2ccccc2)c2ccccc2)CC1. The first-order valence-corrected chi connectivity index (χ1v) is 11.1. The molecule has 1 fully saturated rings. The number of nitrogens with two attached hydrogens (primary N) is 1. The van der Waals surface area contributed by atoms with Crippen LogP contribution in [0.4, 0.5) is 0 Å². The van der Waals surface area contributed by atoms with Crippen LogP contribution >= 0.6 is 11.8 Å². The molecule has 0 aliphatic carbocycles. The Kier molecular flexibility index (Phi) is 6.67. The van der Waals surface area contributed by atoms with E-state index in [9.17, 15) is 0 Å². The summed E-state index contributed by atoms with van der Waals surface area (Å²) in [7, 11) is 0. The van der Waals surface area contributed by atoms with Crippen molar-refractivity contribution in [2.45, 2.75) is 16.8 Å². The average molecular weight is 418 g/mol. The van der Waals surface area contributed by atoms with Crippen LogP contribution in [0.3, 0.4) is 0 Å². The minimum absolute atomic E-state index is 0.167. The van der Waals surface area contributed by atoms with Crippen molar-refractivity contribution in [1.82, 2.24) is 14.8 Å². The fraction of sp³-hybridized carbons (Fsp3) is 0.250. The molecule has 1 aromatic heterocycles. The number of hydrogen-bond acceptors (Lipinski definition) is 4. The number of piperazine rings is 1. The Bertz CT molecular complexity index is 916. The van der Waals surface area contributed by atoms with Crippen molar-refractivity contribution in [3.8, 4) is 0 Å². The first-order chi connectivity index (χ1) is 14.7. The van der Waals surface area contributed by atoms with Gasteiger partial charge in [-0.05, 0) is 22.8 Å². The largest absolute Gasteiger partial charge is 0.370 e. The molecule has 5 nitrogen and oxygen atoms in total. The Labute approximate surface area is 182 Å². The number of hydrogen-bond donors (Lipinski definition) is 2. The fourth-order valence-corrected chi connectivity index (χ4v) is 4.95. The van der Waals surface area contributed by atoms with E-state index in [1.807, 2.05) is 28.9 Å². The van der Waals surface area contributed by atoms with Crippen LogP contribution < -0.4 is 5.73 Å². The summed E-state index contributed by atoms with van der Waals surface area (Å²) in [5.74, 6) is 0.167. The third-order valence-corrected chi connectivity index (χ3v) is 6.76. The highest BCUT2D eigenvalue weighted by molar-refractivity contribution is 7.99. The van der Waals surface area contributed by atoms with Crippen molar-refractivity contribution < 1.29 is 0 Å². The predicted octanol–water partition coefficient (Wildman–Crippen LogP) is 3.97. The van der Waals surface area contributed by atoms with Crippen LogP contribution in [0, 0.1) is 5.41 Å². The highest BCUT2D eigenvalue weighted by Gasteiger charge is 2.21. The number of thioether (sulfide) groups is 1. The lowest BCUT2D eigenvalue weighted by Gasteiger charge is -2.35. The van der Waals surface area contributed by atoms with Crippen LogP contribution in [0.2, 0.25) is 0 Å². The molecule has 0 radical (unpaired) electrons. The molecule has 3 N–H and O–H groups in total. The zero-order valence-electron chi connectivity index (χ0n) is 16.9. The molecule has 3 aromatic rings. The summed E-state index contributed by atoms with van der Waals surface area (Å²) < 4.78 is 0. The second-order valence-electron chi connectivity index (χ2n) is 7.44. The van der Waals surface area contributed by atoms with Crippen LogP contribution in [0.15, 0.2) is 84.0 Å². The molecule has 2 aromatic carbocycles. The summed E-state index contributed by atoms with van der Waals surface area (Å²) in [6.07, 6.45) is 1.88. The number of nitrogens with one attached hydrogen (secondary N) is 1. The molecular weight excluding hydrogens is 390 g/mol. The van der Waals surface area contributed by atoms with Crippen LogP contribution in [0.25, 0.3) is 0 Å². The maximum atomic E-state index is 7.62. The molecule has 4 rings (SSSR count). The van der Waals surface area contributed by atoms with E-state index >= 15 is 0 Å². The van der Waals surface area contributed by atoms with Crippen molar-refractivity contribution in [3.05, 3.63) is 95.7 Å². The molecule has 2 heterocycles. The van der Waals surface area contributed by atoms with Crippen LogP contribution in [-0.4, -0.2) is 46.9 Å². The van der Waals surface area contributed by atoms with Crippen LogP contribution in [0.1, 0.15) is 21.9 Å². The number of aromatic nitrogens is 1. The topological polar surface area (TPSA) is 69.2 Å². The Balaban J connectivity index is 1.54. The monoisotopic (exact) mass is 417 g/mol. The van der Waals surface area contributed by atoms with Crippen molar-refractivity contribution in [2.24, 2.45) is 5.73 Å². The molecule has 154 valence electrons. The predicted molar refractivity (Wildman–Crippen MR) is 124 cm³/mol. The molecule has 0 amide bonds. The minimum atomic E-state index is 0.167. The number of nitrogens with zero attached hydrogens (tertiary/aromatic N) is 3. The zero-order valence-corrected chi connectivity index (χ0v) is 17.8. The van der Waals surface area contributed by atoms with Crippen LogP contribution in [-0.2, 0) is 6.54 Å². The fourth-order valence-electron chi connectivity index (χ4n) is 3.73. The van der Waals surface area contributed by atoms with Gasteiger partial charge in [-0.15, -0.1) is 0 Å². The molecule has 1 aliphatic rings. The number of pyridine rings is 1. The van der Waals surface area contributed by atoms with E-state index in [1.54, 1.807) is 0 Å². The third kappa shape index (κ3) is 5.01. The molecule has 6 heteroatoms.